The van der Waals surface area contributed by atoms with Crippen LogP contribution in [-0.4, -0.2) is 52.2 Å². The van der Waals surface area contributed by atoms with E-state index >= 15 is 0 Å². The molecular weight excluding hydrogens is 296 g/mol. The van der Waals surface area contributed by atoms with E-state index in [4.69, 9.17) is 15.6 Å². The maximum atomic E-state index is 12.1. The van der Waals surface area contributed by atoms with Crippen LogP contribution in [0, 0.1) is 0 Å². The summed E-state index contributed by atoms with van der Waals surface area (Å²) in [5, 5.41) is 9.02. The summed E-state index contributed by atoms with van der Waals surface area (Å²) < 4.78 is 5.15. The number of hydrogen-bond donors (Lipinski definition) is 3. The molecule has 0 spiro atoms. The lowest BCUT2D eigenvalue weighted by atomic mass is 10.1. The van der Waals surface area contributed by atoms with Crippen molar-refractivity contribution in [3.63, 3.8) is 0 Å². The standard InChI is InChI=1S/C16H20N4O3/c1-23-11-4-2-10(3-5-11)15-18-13-6-7-20(8-14(13)19-15)16(22)12(17)9-21/h2-5,12,21H,6-9,17H2,1H3,(H,18,19)/t12-/m0/s1. The number of hydrogen-bond acceptors (Lipinski definition) is 5. The molecule has 1 atom stereocenters. The largest absolute Gasteiger partial charge is 0.497 e. The molecule has 0 aliphatic carbocycles. The van der Waals surface area contributed by atoms with Gasteiger partial charge in [-0.25, -0.2) is 4.98 Å². The van der Waals surface area contributed by atoms with Crippen molar-refractivity contribution >= 4 is 5.91 Å². The molecule has 7 heteroatoms. The number of imidazole rings is 1. The SMILES string of the molecule is COc1ccc(-c2nc3c([nH]2)CN(C(=O)[C@@H](N)CO)CC3)cc1. The first-order valence-electron chi connectivity index (χ1n) is 7.49. The predicted octanol–water partition coefficient (Wildman–Crippen LogP) is 0.290. The Morgan fingerprint density at radius 2 is 2.22 bits per heavy atom. The van der Waals surface area contributed by atoms with Gasteiger partial charge in [-0.15, -0.1) is 0 Å². The number of amides is 1. The van der Waals surface area contributed by atoms with Gasteiger partial charge in [-0.1, -0.05) is 0 Å². The van der Waals surface area contributed by atoms with Gasteiger partial charge in [0.2, 0.25) is 5.91 Å². The zero-order valence-corrected chi connectivity index (χ0v) is 13.0. The number of methoxy groups -OCH3 is 1. The average Bonchev–Trinajstić information content (AvgIpc) is 3.03. The molecule has 122 valence electrons. The van der Waals surface area contributed by atoms with E-state index < -0.39 is 6.04 Å². The van der Waals surface area contributed by atoms with E-state index in [1.54, 1.807) is 12.0 Å². The molecule has 0 bridgehead atoms. The van der Waals surface area contributed by atoms with E-state index in [1.165, 1.54) is 0 Å². The normalized spacial score (nSPS) is 15.2. The number of aromatic nitrogens is 2. The van der Waals surface area contributed by atoms with Crippen LogP contribution in [0.4, 0.5) is 0 Å². The molecule has 3 rings (SSSR count). The topological polar surface area (TPSA) is 104 Å². The zero-order chi connectivity index (χ0) is 16.4. The molecule has 0 saturated carbocycles. The molecule has 0 radical (unpaired) electrons. The van der Waals surface area contributed by atoms with Gasteiger partial charge < -0.3 is 25.5 Å². The number of nitrogens with zero attached hydrogens (tertiary/aromatic N) is 2. The molecule has 1 aromatic heterocycles. The zero-order valence-electron chi connectivity index (χ0n) is 13.0. The molecule has 7 nitrogen and oxygen atoms in total. The second-order valence-electron chi connectivity index (χ2n) is 5.54. The summed E-state index contributed by atoms with van der Waals surface area (Å²) >= 11 is 0. The van der Waals surface area contributed by atoms with Gasteiger partial charge in [0, 0.05) is 18.5 Å². The summed E-state index contributed by atoms with van der Waals surface area (Å²) in [6.07, 6.45) is 0.672. The van der Waals surface area contributed by atoms with Crippen LogP contribution >= 0.6 is 0 Å². The highest BCUT2D eigenvalue weighted by Crippen LogP contribution is 2.24. The maximum absolute atomic E-state index is 12.1. The number of nitrogens with one attached hydrogen (secondary N) is 1. The monoisotopic (exact) mass is 316 g/mol. The van der Waals surface area contributed by atoms with Crippen molar-refractivity contribution in [3.8, 4) is 17.1 Å². The minimum Gasteiger partial charge on any atom is -0.497 e. The molecule has 0 fully saturated rings. The van der Waals surface area contributed by atoms with Crippen LogP contribution in [0.1, 0.15) is 11.4 Å². The lowest BCUT2D eigenvalue weighted by Crippen LogP contribution is -2.47. The van der Waals surface area contributed by atoms with E-state index in [-0.39, 0.29) is 12.5 Å². The van der Waals surface area contributed by atoms with Gasteiger partial charge in [0.05, 0.1) is 31.6 Å². The molecule has 0 unspecified atom stereocenters. The van der Waals surface area contributed by atoms with E-state index in [1.807, 2.05) is 24.3 Å². The van der Waals surface area contributed by atoms with Crippen molar-refractivity contribution in [1.29, 1.82) is 0 Å². The smallest absolute Gasteiger partial charge is 0.242 e. The second-order valence-corrected chi connectivity index (χ2v) is 5.54. The third-order valence-corrected chi connectivity index (χ3v) is 4.02. The first kappa shape index (κ1) is 15.5. The number of rotatable bonds is 4. The lowest BCUT2D eigenvalue weighted by Gasteiger charge is -2.28. The molecule has 23 heavy (non-hydrogen) atoms. The minimum absolute atomic E-state index is 0.237. The molecule has 1 aromatic carbocycles. The Labute approximate surface area is 134 Å². The van der Waals surface area contributed by atoms with Crippen molar-refractivity contribution < 1.29 is 14.6 Å². The number of nitrogens with two attached hydrogens (primary N) is 1. The minimum atomic E-state index is -0.861. The molecule has 1 aliphatic heterocycles. The number of carbonyl (C=O) groups is 1. The van der Waals surface area contributed by atoms with E-state index in [0.717, 1.165) is 28.5 Å². The third kappa shape index (κ3) is 3.06. The molecule has 0 saturated heterocycles. The first-order valence-corrected chi connectivity index (χ1v) is 7.49. The van der Waals surface area contributed by atoms with Gasteiger partial charge in [0.15, 0.2) is 0 Å². The van der Waals surface area contributed by atoms with Crippen molar-refractivity contribution in [2.24, 2.45) is 5.73 Å². The summed E-state index contributed by atoms with van der Waals surface area (Å²) in [5.74, 6) is 1.33. The molecule has 2 heterocycles. The van der Waals surface area contributed by atoms with Crippen LogP contribution in [0.5, 0.6) is 5.75 Å². The predicted molar refractivity (Wildman–Crippen MR) is 84.8 cm³/mol. The molecule has 1 amide bonds. The Bertz CT molecular complexity index is 696. The highest BCUT2D eigenvalue weighted by Gasteiger charge is 2.26. The Hall–Kier alpha value is -2.38. The van der Waals surface area contributed by atoms with E-state index in [2.05, 4.69) is 9.97 Å². The van der Waals surface area contributed by atoms with Crippen LogP contribution in [0.2, 0.25) is 0 Å². The van der Waals surface area contributed by atoms with Crippen molar-refractivity contribution in [2.75, 3.05) is 20.3 Å². The maximum Gasteiger partial charge on any atom is 0.242 e. The number of H-pyrrole nitrogens is 1. The van der Waals surface area contributed by atoms with Crippen molar-refractivity contribution in [2.45, 2.75) is 19.0 Å². The van der Waals surface area contributed by atoms with Gasteiger partial charge in [0.25, 0.3) is 0 Å². The van der Waals surface area contributed by atoms with Gasteiger partial charge in [-0.05, 0) is 24.3 Å². The van der Waals surface area contributed by atoms with Crippen LogP contribution in [-0.2, 0) is 17.8 Å². The Morgan fingerprint density at radius 3 is 2.87 bits per heavy atom. The lowest BCUT2D eigenvalue weighted by molar-refractivity contribution is -0.134. The summed E-state index contributed by atoms with van der Waals surface area (Å²) in [7, 11) is 1.63. The van der Waals surface area contributed by atoms with Crippen LogP contribution in [0.25, 0.3) is 11.4 Å². The number of aliphatic hydroxyl groups excluding tert-OH is 1. The Kier molecular flexibility index (Phi) is 4.31. The fraction of sp³-hybridized carbons (Fsp3) is 0.375. The number of carbonyl (C=O) groups excluding carboxylic acids is 1. The number of aromatic amines is 1. The van der Waals surface area contributed by atoms with Gasteiger partial charge in [-0.3, -0.25) is 4.79 Å². The summed E-state index contributed by atoms with van der Waals surface area (Å²) in [6.45, 7) is 0.653. The molecule has 2 aromatic rings. The highest BCUT2D eigenvalue weighted by molar-refractivity contribution is 5.82. The average molecular weight is 316 g/mol. The van der Waals surface area contributed by atoms with Crippen LogP contribution < -0.4 is 10.5 Å². The number of aliphatic hydroxyl groups is 1. The fourth-order valence-electron chi connectivity index (χ4n) is 2.68. The summed E-state index contributed by atoms with van der Waals surface area (Å²) in [4.78, 5) is 21.6. The number of ether oxygens (including phenoxy) is 1. The van der Waals surface area contributed by atoms with E-state index in [9.17, 15) is 4.79 Å². The van der Waals surface area contributed by atoms with Gasteiger partial charge in [0.1, 0.15) is 17.6 Å². The van der Waals surface area contributed by atoms with Gasteiger partial charge in [-0.2, -0.15) is 0 Å². The second kappa shape index (κ2) is 6.39. The Morgan fingerprint density at radius 1 is 1.48 bits per heavy atom. The van der Waals surface area contributed by atoms with Gasteiger partial charge >= 0.3 is 0 Å². The molecule has 4 N–H and O–H groups in total. The molecule has 1 aliphatic rings. The summed E-state index contributed by atoms with van der Waals surface area (Å²) in [6, 6.07) is 6.78. The highest BCUT2D eigenvalue weighted by atomic mass is 16.5. The first-order chi connectivity index (χ1) is 11.1. The summed E-state index contributed by atoms with van der Waals surface area (Å²) in [5.41, 5.74) is 8.46. The Balaban J connectivity index is 1.79. The van der Waals surface area contributed by atoms with E-state index in [0.29, 0.717) is 19.5 Å². The number of fused-ring (bicyclic) bond motifs is 1. The number of benzene rings is 1. The van der Waals surface area contributed by atoms with Crippen LogP contribution in [0.15, 0.2) is 24.3 Å². The fourth-order valence-corrected chi connectivity index (χ4v) is 2.68. The van der Waals surface area contributed by atoms with Crippen molar-refractivity contribution in [1.82, 2.24) is 14.9 Å². The quantitative estimate of drug-likeness (QED) is 0.752. The molecular formula is C16H20N4O3. The van der Waals surface area contributed by atoms with Crippen LogP contribution in [0.3, 0.4) is 0 Å². The third-order valence-electron chi connectivity index (χ3n) is 4.02. The van der Waals surface area contributed by atoms with Crippen molar-refractivity contribution in [3.05, 3.63) is 35.7 Å².